The van der Waals surface area contributed by atoms with E-state index in [2.05, 4.69) is 10.0 Å². The molecule has 108 valence electrons. The van der Waals surface area contributed by atoms with E-state index >= 15 is 0 Å². The summed E-state index contributed by atoms with van der Waals surface area (Å²) in [6.07, 6.45) is 0.256. The molecule has 0 fully saturated rings. The number of anilines is 2. The van der Waals surface area contributed by atoms with Gasteiger partial charge in [-0.3, -0.25) is 9.52 Å². The van der Waals surface area contributed by atoms with Crippen LogP contribution in [0.1, 0.15) is 5.56 Å². The largest absolute Gasteiger partial charge is 0.326 e. The number of nitrogens with one attached hydrogen (secondary N) is 2. The van der Waals surface area contributed by atoms with Gasteiger partial charge in [-0.2, -0.15) is 0 Å². The summed E-state index contributed by atoms with van der Waals surface area (Å²) in [5.41, 5.74) is 1.91. The van der Waals surface area contributed by atoms with Crippen molar-refractivity contribution in [1.29, 1.82) is 0 Å². The van der Waals surface area contributed by atoms with Crippen LogP contribution in [0.3, 0.4) is 0 Å². The zero-order valence-electron chi connectivity index (χ0n) is 10.8. The van der Waals surface area contributed by atoms with Crippen LogP contribution in [0.25, 0.3) is 0 Å². The van der Waals surface area contributed by atoms with E-state index in [1.54, 1.807) is 18.2 Å². The van der Waals surface area contributed by atoms with Crippen molar-refractivity contribution in [3.05, 3.63) is 53.1 Å². The highest BCUT2D eigenvalue weighted by molar-refractivity contribution is 7.92. The third-order valence-electron chi connectivity index (χ3n) is 3.11. The summed E-state index contributed by atoms with van der Waals surface area (Å²) >= 11 is 5.75. The number of carbonyl (C=O) groups excluding carboxylic acids is 1. The molecular formula is C14H11ClN2O3S. The first-order chi connectivity index (χ1) is 9.94. The first kappa shape index (κ1) is 13.9. The lowest BCUT2D eigenvalue weighted by molar-refractivity contribution is -0.115. The van der Waals surface area contributed by atoms with Gasteiger partial charge in [0.25, 0.3) is 10.0 Å². The number of rotatable bonds is 3. The number of benzene rings is 2. The van der Waals surface area contributed by atoms with Crippen molar-refractivity contribution in [3.63, 3.8) is 0 Å². The maximum Gasteiger partial charge on any atom is 0.261 e. The van der Waals surface area contributed by atoms with E-state index in [9.17, 15) is 13.2 Å². The molecule has 2 aromatic carbocycles. The molecule has 0 spiro atoms. The van der Waals surface area contributed by atoms with E-state index < -0.39 is 10.0 Å². The Kier molecular flexibility index (Phi) is 3.35. The zero-order valence-corrected chi connectivity index (χ0v) is 12.3. The smallest absolute Gasteiger partial charge is 0.261 e. The van der Waals surface area contributed by atoms with E-state index in [-0.39, 0.29) is 17.2 Å². The summed E-state index contributed by atoms with van der Waals surface area (Å²) in [7, 11) is -3.68. The van der Waals surface area contributed by atoms with Gasteiger partial charge >= 0.3 is 0 Å². The van der Waals surface area contributed by atoms with Crippen molar-refractivity contribution < 1.29 is 13.2 Å². The molecule has 5 nitrogen and oxygen atoms in total. The number of fused-ring (bicyclic) bond motifs is 1. The highest BCUT2D eigenvalue weighted by Crippen LogP contribution is 2.27. The molecule has 3 rings (SSSR count). The molecule has 0 bridgehead atoms. The van der Waals surface area contributed by atoms with Crippen LogP contribution >= 0.6 is 11.6 Å². The molecule has 1 aliphatic rings. The predicted octanol–water partition coefficient (Wildman–Crippen LogP) is 2.64. The van der Waals surface area contributed by atoms with Gasteiger partial charge in [0.05, 0.1) is 11.3 Å². The molecule has 0 saturated heterocycles. The first-order valence-corrected chi connectivity index (χ1v) is 8.01. The molecule has 2 aromatic rings. The Labute approximate surface area is 127 Å². The summed E-state index contributed by atoms with van der Waals surface area (Å²) in [5, 5.41) is 3.16. The number of carbonyl (C=O) groups is 1. The second-order valence-electron chi connectivity index (χ2n) is 4.66. The predicted molar refractivity (Wildman–Crippen MR) is 81.0 cm³/mol. The molecule has 0 atom stereocenters. The Morgan fingerprint density at radius 2 is 1.81 bits per heavy atom. The van der Waals surface area contributed by atoms with Gasteiger partial charge in [0, 0.05) is 16.4 Å². The van der Waals surface area contributed by atoms with Crippen molar-refractivity contribution in [3.8, 4) is 0 Å². The van der Waals surface area contributed by atoms with E-state index in [1.165, 1.54) is 24.3 Å². The minimum absolute atomic E-state index is 0.0947. The third-order valence-corrected chi connectivity index (χ3v) is 4.76. The number of hydrogen-bond donors (Lipinski definition) is 2. The Morgan fingerprint density at radius 3 is 2.52 bits per heavy atom. The molecule has 0 aromatic heterocycles. The van der Waals surface area contributed by atoms with Crippen LogP contribution < -0.4 is 10.0 Å². The summed E-state index contributed by atoms with van der Waals surface area (Å²) in [6, 6.07) is 10.8. The molecule has 2 N–H and O–H groups in total. The fourth-order valence-corrected chi connectivity index (χ4v) is 3.30. The number of halogens is 1. The molecule has 1 amide bonds. The number of hydrogen-bond acceptors (Lipinski definition) is 3. The topological polar surface area (TPSA) is 75.3 Å². The highest BCUT2D eigenvalue weighted by Gasteiger charge is 2.19. The van der Waals surface area contributed by atoms with Crippen LogP contribution in [0.5, 0.6) is 0 Å². The molecule has 1 aliphatic heterocycles. The second-order valence-corrected chi connectivity index (χ2v) is 6.78. The van der Waals surface area contributed by atoms with Crippen LogP contribution in [0.4, 0.5) is 11.4 Å². The van der Waals surface area contributed by atoms with Gasteiger partial charge in [-0.05, 0) is 48.0 Å². The monoisotopic (exact) mass is 322 g/mol. The molecule has 21 heavy (non-hydrogen) atoms. The van der Waals surface area contributed by atoms with Crippen molar-refractivity contribution >= 4 is 38.9 Å². The van der Waals surface area contributed by atoms with E-state index in [0.717, 1.165) is 11.3 Å². The summed E-state index contributed by atoms with van der Waals surface area (Å²) < 4.78 is 27.0. The fraction of sp³-hybridized carbons (Fsp3) is 0.0714. The highest BCUT2D eigenvalue weighted by atomic mass is 35.5. The second kappa shape index (κ2) is 5.05. The summed E-state index contributed by atoms with van der Waals surface area (Å²) in [6.45, 7) is 0. The lowest BCUT2D eigenvalue weighted by Crippen LogP contribution is -2.12. The first-order valence-electron chi connectivity index (χ1n) is 6.15. The average Bonchev–Trinajstić information content (AvgIpc) is 2.78. The maximum absolute atomic E-state index is 12.2. The van der Waals surface area contributed by atoms with Crippen LogP contribution in [0, 0.1) is 0 Å². The zero-order chi connectivity index (χ0) is 15.0. The van der Waals surface area contributed by atoms with Crippen molar-refractivity contribution in [2.75, 3.05) is 10.0 Å². The van der Waals surface area contributed by atoms with Crippen LogP contribution in [-0.4, -0.2) is 14.3 Å². The Hall–Kier alpha value is -2.05. The molecule has 0 saturated carbocycles. The Morgan fingerprint density at radius 1 is 1.10 bits per heavy atom. The average molecular weight is 323 g/mol. The Balaban J connectivity index is 1.88. The normalized spacial score (nSPS) is 13.7. The summed E-state index contributed by atoms with van der Waals surface area (Å²) in [4.78, 5) is 11.4. The molecular weight excluding hydrogens is 312 g/mol. The number of sulfonamides is 1. The van der Waals surface area contributed by atoms with Crippen molar-refractivity contribution in [1.82, 2.24) is 0 Å². The van der Waals surface area contributed by atoms with Crippen LogP contribution in [0.15, 0.2) is 47.4 Å². The third kappa shape index (κ3) is 2.86. The van der Waals surface area contributed by atoms with Gasteiger partial charge < -0.3 is 5.32 Å². The van der Waals surface area contributed by atoms with Crippen molar-refractivity contribution in [2.45, 2.75) is 11.3 Å². The van der Waals surface area contributed by atoms with Gasteiger partial charge in [0.15, 0.2) is 0 Å². The van der Waals surface area contributed by atoms with Gasteiger partial charge in [-0.15, -0.1) is 0 Å². The number of amides is 1. The Bertz CT molecular complexity index is 817. The van der Waals surface area contributed by atoms with Gasteiger partial charge in [-0.1, -0.05) is 11.6 Å². The standard InChI is InChI=1S/C14H11ClN2O3S/c15-10-1-4-12(5-2-10)21(19,20)17-11-3-6-13-9(7-11)8-14(18)16-13/h1-7,17H,8H2,(H,16,18). The summed E-state index contributed by atoms with van der Waals surface area (Å²) in [5.74, 6) is -0.0947. The molecule has 7 heteroatoms. The quantitative estimate of drug-likeness (QED) is 0.912. The molecule has 1 heterocycles. The lowest BCUT2D eigenvalue weighted by Gasteiger charge is -2.09. The van der Waals surface area contributed by atoms with Crippen molar-refractivity contribution in [2.24, 2.45) is 0 Å². The van der Waals surface area contributed by atoms with E-state index in [1.807, 2.05) is 0 Å². The van der Waals surface area contributed by atoms with Crippen LogP contribution in [0.2, 0.25) is 5.02 Å². The van der Waals surface area contributed by atoms with Gasteiger partial charge in [0.1, 0.15) is 0 Å². The molecule has 0 unspecified atom stereocenters. The maximum atomic E-state index is 12.2. The van der Waals surface area contributed by atoms with Crippen LogP contribution in [-0.2, 0) is 21.2 Å². The minimum atomic E-state index is -3.68. The molecule has 0 radical (unpaired) electrons. The van der Waals surface area contributed by atoms with Gasteiger partial charge in [0.2, 0.25) is 5.91 Å². The lowest BCUT2D eigenvalue weighted by atomic mass is 10.1. The molecule has 0 aliphatic carbocycles. The van der Waals surface area contributed by atoms with Gasteiger partial charge in [-0.25, -0.2) is 8.42 Å². The van der Waals surface area contributed by atoms with E-state index in [0.29, 0.717) is 10.7 Å². The van der Waals surface area contributed by atoms with E-state index in [4.69, 9.17) is 11.6 Å². The minimum Gasteiger partial charge on any atom is -0.326 e. The fourth-order valence-electron chi connectivity index (χ4n) is 2.12. The SMILES string of the molecule is O=C1Cc2cc(NS(=O)(=O)c3ccc(Cl)cc3)ccc2N1.